The summed E-state index contributed by atoms with van der Waals surface area (Å²) in [5.74, 6) is 0.705. The molecule has 3 rings (SSSR count). The molecule has 2 nitrogen and oxygen atoms in total. The highest BCUT2D eigenvalue weighted by atomic mass is 16.5. The quantitative estimate of drug-likeness (QED) is 0.880. The topological polar surface area (TPSA) is 21.3 Å². The zero-order valence-corrected chi connectivity index (χ0v) is 11.0. The third-order valence-corrected chi connectivity index (χ3v) is 4.28. The van der Waals surface area contributed by atoms with Crippen molar-refractivity contribution in [3.05, 3.63) is 35.4 Å². The molecule has 0 bridgehead atoms. The Bertz CT molecular complexity index is 384. The molecule has 0 aromatic heterocycles. The standard InChI is InChI=1S/C16H23NO/c1-2-9-16-13(5-1)6-3-7-14(16)11-17-12-15-8-4-10-18-15/h1-2,5,9,14-15,17H,3-4,6-8,10-12H2. The van der Waals surface area contributed by atoms with Gasteiger partial charge in [0.05, 0.1) is 6.10 Å². The van der Waals surface area contributed by atoms with Gasteiger partial charge in [-0.05, 0) is 49.1 Å². The first-order chi connectivity index (χ1) is 8.93. The van der Waals surface area contributed by atoms with Gasteiger partial charge < -0.3 is 10.1 Å². The molecule has 1 heterocycles. The molecule has 2 atom stereocenters. The largest absolute Gasteiger partial charge is 0.377 e. The maximum atomic E-state index is 5.65. The summed E-state index contributed by atoms with van der Waals surface area (Å²) < 4.78 is 5.65. The summed E-state index contributed by atoms with van der Waals surface area (Å²) in [7, 11) is 0. The lowest BCUT2D eigenvalue weighted by Crippen LogP contribution is -2.31. The maximum Gasteiger partial charge on any atom is 0.0700 e. The van der Waals surface area contributed by atoms with Crippen LogP contribution in [-0.2, 0) is 11.2 Å². The molecule has 2 unspecified atom stereocenters. The van der Waals surface area contributed by atoms with Crippen molar-refractivity contribution >= 4 is 0 Å². The molecule has 1 saturated heterocycles. The summed E-state index contributed by atoms with van der Waals surface area (Å²) in [5, 5.41) is 3.61. The fraction of sp³-hybridized carbons (Fsp3) is 0.625. The molecule has 0 amide bonds. The molecule has 98 valence electrons. The zero-order valence-electron chi connectivity index (χ0n) is 11.0. The minimum atomic E-state index is 0.462. The Morgan fingerprint density at radius 2 is 2.06 bits per heavy atom. The number of hydrogen-bond donors (Lipinski definition) is 1. The SMILES string of the molecule is c1ccc2c(c1)CCCC2CNCC1CCCO1. The van der Waals surface area contributed by atoms with Crippen molar-refractivity contribution in [3.8, 4) is 0 Å². The van der Waals surface area contributed by atoms with Crippen LogP contribution in [0.4, 0.5) is 0 Å². The van der Waals surface area contributed by atoms with Crippen LogP contribution < -0.4 is 5.32 Å². The molecule has 1 fully saturated rings. The molecule has 1 aromatic rings. The normalized spacial score (nSPS) is 27.1. The van der Waals surface area contributed by atoms with Gasteiger partial charge in [0.25, 0.3) is 0 Å². The summed E-state index contributed by atoms with van der Waals surface area (Å²) >= 11 is 0. The van der Waals surface area contributed by atoms with E-state index in [2.05, 4.69) is 29.6 Å². The minimum Gasteiger partial charge on any atom is -0.377 e. The third-order valence-electron chi connectivity index (χ3n) is 4.28. The molecule has 0 spiro atoms. The highest BCUT2D eigenvalue weighted by Gasteiger charge is 2.20. The van der Waals surface area contributed by atoms with E-state index in [1.807, 2.05) is 0 Å². The number of hydrogen-bond acceptors (Lipinski definition) is 2. The van der Waals surface area contributed by atoms with Gasteiger partial charge in [-0.2, -0.15) is 0 Å². The molecule has 1 aliphatic carbocycles. The van der Waals surface area contributed by atoms with Gasteiger partial charge in [0.2, 0.25) is 0 Å². The summed E-state index contributed by atoms with van der Waals surface area (Å²) in [6, 6.07) is 8.95. The van der Waals surface area contributed by atoms with Gasteiger partial charge in [-0.15, -0.1) is 0 Å². The lowest BCUT2D eigenvalue weighted by molar-refractivity contribution is 0.110. The molecule has 1 N–H and O–H groups in total. The van der Waals surface area contributed by atoms with Gasteiger partial charge in [0.15, 0.2) is 0 Å². The fourth-order valence-corrected chi connectivity index (χ4v) is 3.29. The van der Waals surface area contributed by atoms with E-state index >= 15 is 0 Å². The fourth-order valence-electron chi connectivity index (χ4n) is 3.29. The monoisotopic (exact) mass is 245 g/mol. The van der Waals surface area contributed by atoms with E-state index in [4.69, 9.17) is 4.74 Å². The number of fused-ring (bicyclic) bond motifs is 1. The molecule has 2 heteroatoms. The minimum absolute atomic E-state index is 0.462. The van der Waals surface area contributed by atoms with Gasteiger partial charge in [0.1, 0.15) is 0 Å². The van der Waals surface area contributed by atoms with Crippen molar-refractivity contribution in [2.45, 2.75) is 44.1 Å². The molecule has 18 heavy (non-hydrogen) atoms. The van der Waals surface area contributed by atoms with Gasteiger partial charge in [-0.25, -0.2) is 0 Å². The van der Waals surface area contributed by atoms with Gasteiger partial charge in [-0.3, -0.25) is 0 Å². The molecular formula is C16H23NO. The van der Waals surface area contributed by atoms with E-state index in [9.17, 15) is 0 Å². The van der Waals surface area contributed by atoms with Crippen LogP contribution in [0.1, 0.15) is 42.7 Å². The average Bonchev–Trinajstić information content (AvgIpc) is 2.92. The zero-order chi connectivity index (χ0) is 12.2. The smallest absolute Gasteiger partial charge is 0.0700 e. The Hall–Kier alpha value is -0.860. The average molecular weight is 245 g/mol. The molecular weight excluding hydrogens is 222 g/mol. The van der Waals surface area contributed by atoms with E-state index in [1.165, 1.54) is 32.1 Å². The van der Waals surface area contributed by atoms with Crippen LogP contribution in [0, 0.1) is 0 Å². The summed E-state index contributed by atoms with van der Waals surface area (Å²) in [4.78, 5) is 0. The van der Waals surface area contributed by atoms with E-state index < -0.39 is 0 Å². The van der Waals surface area contributed by atoms with E-state index in [0.29, 0.717) is 12.0 Å². The first-order valence-corrected chi connectivity index (χ1v) is 7.33. The van der Waals surface area contributed by atoms with Crippen molar-refractivity contribution in [3.63, 3.8) is 0 Å². The Kier molecular flexibility index (Phi) is 3.96. The summed E-state index contributed by atoms with van der Waals surface area (Å²) in [6.07, 6.45) is 6.85. The van der Waals surface area contributed by atoms with Gasteiger partial charge >= 0.3 is 0 Å². The second-order valence-corrected chi connectivity index (χ2v) is 5.58. The Morgan fingerprint density at radius 1 is 1.11 bits per heavy atom. The maximum absolute atomic E-state index is 5.65. The first kappa shape index (κ1) is 12.2. The van der Waals surface area contributed by atoms with E-state index in [-0.39, 0.29) is 0 Å². The number of benzene rings is 1. The first-order valence-electron chi connectivity index (χ1n) is 7.33. The molecule has 1 aliphatic heterocycles. The predicted octanol–water partition coefficient (Wildman–Crippen LogP) is 2.88. The van der Waals surface area contributed by atoms with Crippen LogP contribution in [0.25, 0.3) is 0 Å². The van der Waals surface area contributed by atoms with E-state index in [1.54, 1.807) is 11.1 Å². The third kappa shape index (κ3) is 2.76. The highest BCUT2D eigenvalue weighted by molar-refractivity contribution is 5.32. The summed E-state index contributed by atoms with van der Waals surface area (Å²) in [5.41, 5.74) is 3.14. The van der Waals surface area contributed by atoms with E-state index in [0.717, 1.165) is 19.7 Å². The van der Waals surface area contributed by atoms with Crippen molar-refractivity contribution in [2.75, 3.05) is 19.7 Å². The Morgan fingerprint density at radius 3 is 2.94 bits per heavy atom. The molecule has 2 aliphatic rings. The van der Waals surface area contributed by atoms with Crippen LogP contribution in [0.15, 0.2) is 24.3 Å². The second-order valence-electron chi connectivity index (χ2n) is 5.58. The lowest BCUT2D eigenvalue weighted by Gasteiger charge is -2.26. The van der Waals surface area contributed by atoms with Crippen molar-refractivity contribution in [1.82, 2.24) is 5.32 Å². The number of rotatable bonds is 4. The molecule has 1 aromatic carbocycles. The van der Waals surface area contributed by atoms with Gasteiger partial charge in [0, 0.05) is 19.7 Å². The Balaban J connectivity index is 1.54. The lowest BCUT2D eigenvalue weighted by atomic mass is 9.83. The molecule has 0 radical (unpaired) electrons. The van der Waals surface area contributed by atoms with Crippen LogP contribution in [0.3, 0.4) is 0 Å². The van der Waals surface area contributed by atoms with Crippen molar-refractivity contribution in [1.29, 1.82) is 0 Å². The number of aryl methyl sites for hydroxylation is 1. The van der Waals surface area contributed by atoms with Crippen molar-refractivity contribution < 1.29 is 4.74 Å². The second kappa shape index (κ2) is 5.85. The van der Waals surface area contributed by atoms with Crippen LogP contribution >= 0.6 is 0 Å². The van der Waals surface area contributed by atoms with Crippen LogP contribution in [0.2, 0.25) is 0 Å². The predicted molar refractivity (Wildman–Crippen MR) is 74.0 cm³/mol. The van der Waals surface area contributed by atoms with Crippen LogP contribution in [0.5, 0.6) is 0 Å². The van der Waals surface area contributed by atoms with Crippen LogP contribution in [-0.4, -0.2) is 25.8 Å². The molecule has 0 saturated carbocycles. The van der Waals surface area contributed by atoms with Crippen molar-refractivity contribution in [2.24, 2.45) is 0 Å². The highest BCUT2D eigenvalue weighted by Crippen LogP contribution is 2.30. The van der Waals surface area contributed by atoms with Gasteiger partial charge in [-0.1, -0.05) is 24.3 Å². The Labute approximate surface area is 110 Å². The summed E-state index contributed by atoms with van der Waals surface area (Å²) in [6.45, 7) is 3.09. The number of nitrogens with one attached hydrogen (secondary N) is 1. The number of ether oxygens (including phenoxy) is 1.